The number of pyridine rings is 1. The van der Waals surface area contributed by atoms with Crippen molar-refractivity contribution in [2.45, 2.75) is 6.92 Å². The van der Waals surface area contributed by atoms with Crippen molar-refractivity contribution in [1.29, 1.82) is 0 Å². The van der Waals surface area contributed by atoms with E-state index in [1.165, 1.54) is 0 Å². The largest absolute Gasteiger partial charge is 0.478 e. The number of hydrogen-bond acceptors (Lipinski definition) is 2. The van der Waals surface area contributed by atoms with Crippen molar-refractivity contribution in [3.63, 3.8) is 0 Å². The van der Waals surface area contributed by atoms with Crippen LogP contribution in [0.25, 0.3) is 0 Å². The SMILES string of the molecule is CCOc1cc(I)c(Cl)cn1. The molecule has 0 saturated heterocycles. The van der Waals surface area contributed by atoms with Gasteiger partial charge in [0.15, 0.2) is 0 Å². The molecule has 0 N–H and O–H groups in total. The average molecular weight is 283 g/mol. The van der Waals surface area contributed by atoms with Crippen molar-refractivity contribution < 1.29 is 4.74 Å². The van der Waals surface area contributed by atoms with Gasteiger partial charge in [-0.3, -0.25) is 0 Å². The van der Waals surface area contributed by atoms with Crippen LogP contribution in [0.3, 0.4) is 0 Å². The van der Waals surface area contributed by atoms with Crippen LogP contribution >= 0.6 is 34.2 Å². The maximum absolute atomic E-state index is 5.76. The monoisotopic (exact) mass is 283 g/mol. The fraction of sp³-hybridized carbons (Fsp3) is 0.286. The Morgan fingerprint density at radius 3 is 3.00 bits per heavy atom. The summed E-state index contributed by atoms with van der Waals surface area (Å²) in [6.45, 7) is 2.55. The van der Waals surface area contributed by atoms with Crippen molar-refractivity contribution in [3.05, 3.63) is 20.9 Å². The summed E-state index contributed by atoms with van der Waals surface area (Å²) in [6, 6.07) is 1.81. The molecule has 0 bridgehead atoms. The molecule has 0 aliphatic heterocycles. The number of rotatable bonds is 2. The summed E-state index contributed by atoms with van der Waals surface area (Å²) in [4.78, 5) is 3.97. The van der Waals surface area contributed by atoms with E-state index in [-0.39, 0.29) is 0 Å². The molecule has 2 nitrogen and oxygen atoms in total. The minimum Gasteiger partial charge on any atom is -0.478 e. The zero-order valence-electron chi connectivity index (χ0n) is 5.97. The van der Waals surface area contributed by atoms with Gasteiger partial charge < -0.3 is 4.74 Å². The molecule has 0 atom stereocenters. The molecule has 0 saturated carbocycles. The van der Waals surface area contributed by atoms with Gasteiger partial charge >= 0.3 is 0 Å². The third kappa shape index (κ3) is 2.48. The Hall–Kier alpha value is -0.0300. The van der Waals surface area contributed by atoms with Crippen molar-refractivity contribution >= 4 is 34.2 Å². The minimum absolute atomic E-state index is 0.626. The fourth-order valence-corrected chi connectivity index (χ4v) is 1.13. The van der Waals surface area contributed by atoms with Crippen molar-refractivity contribution in [2.75, 3.05) is 6.61 Å². The average Bonchev–Trinajstić information content (AvgIpc) is 1.98. The molecule has 1 heterocycles. The molecule has 0 amide bonds. The van der Waals surface area contributed by atoms with Crippen LogP contribution in [0.4, 0.5) is 0 Å². The van der Waals surface area contributed by atoms with Crippen molar-refractivity contribution in [2.24, 2.45) is 0 Å². The maximum Gasteiger partial charge on any atom is 0.214 e. The van der Waals surface area contributed by atoms with Gasteiger partial charge in [-0.25, -0.2) is 4.98 Å². The Balaban J connectivity index is 2.86. The molecular weight excluding hydrogens is 276 g/mol. The molecule has 1 rings (SSSR count). The molecular formula is C7H7ClINO. The Morgan fingerprint density at radius 1 is 1.73 bits per heavy atom. The molecule has 0 radical (unpaired) electrons. The second kappa shape index (κ2) is 4.11. The van der Waals surface area contributed by atoms with E-state index in [1.54, 1.807) is 6.20 Å². The van der Waals surface area contributed by atoms with Gasteiger partial charge in [-0.1, -0.05) is 11.6 Å². The molecule has 0 aromatic carbocycles. The van der Waals surface area contributed by atoms with Crippen molar-refractivity contribution in [1.82, 2.24) is 4.98 Å². The number of ether oxygens (including phenoxy) is 1. The van der Waals surface area contributed by atoms with E-state index < -0.39 is 0 Å². The van der Waals surface area contributed by atoms with Crippen LogP contribution in [0.2, 0.25) is 5.02 Å². The van der Waals surface area contributed by atoms with E-state index in [9.17, 15) is 0 Å². The molecule has 0 aliphatic carbocycles. The van der Waals surface area contributed by atoms with E-state index in [0.717, 1.165) is 3.57 Å². The van der Waals surface area contributed by atoms with Gasteiger partial charge in [0.05, 0.1) is 17.8 Å². The lowest BCUT2D eigenvalue weighted by atomic mass is 10.5. The molecule has 1 aromatic heterocycles. The van der Waals surface area contributed by atoms with Gasteiger partial charge in [-0.05, 0) is 29.5 Å². The highest BCUT2D eigenvalue weighted by Crippen LogP contribution is 2.20. The number of hydrogen-bond donors (Lipinski definition) is 0. The molecule has 1 aromatic rings. The Bertz CT molecular complexity index is 254. The summed E-state index contributed by atoms with van der Waals surface area (Å²) in [5.74, 6) is 0.626. The molecule has 0 aliphatic rings. The highest BCUT2D eigenvalue weighted by molar-refractivity contribution is 14.1. The van der Waals surface area contributed by atoms with Crippen LogP contribution in [-0.2, 0) is 0 Å². The lowest BCUT2D eigenvalue weighted by Gasteiger charge is -2.01. The van der Waals surface area contributed by atoms with Gasteiger partial charge in [-0.2, -0.15) is 0 Å². The molecule has 0 unspecified atom stereocenters. The lowest BCUT2D eigenvalue weighted by Crippen LogP contribution is -1.94. The Labute approximate surface area is 84.1 Å². The van der Waals surface area contributed by atoms with Crippen LogP contribution in [0, 0.1) is 3.57 Å². The van der Waals surface area contributed by atoms with Crippen LogP contribution < -0.4 is 4.74 Å². The first-order valence-corrected chi connectivity index (χ1v) is 4.63. The first-order chi connectivity index (χ1) is 5.24. The quantitative estimate of drug-likeness (QED) is 0.779. The van der Waals surface area contributed by atoms with Crippen LogP contribution in [0.5, 0.6) is 5.88 Å². The fourth-order valence-electron chi connectivity index (χ4n) is 0.623. The first kappa shape index (κ1) is 9.06. The first-order valence-electron chi connectivity index (χ1n) is 3.18. The number of nitrogens with zero attached hydrogens (tertiary/aromatic N) is 1. The molecule has 0 fully saturated rings. The van der Waals surface area contributed by atoms with E-state index in [4.69, 9.17) is 16.3 Å². The molecule has 0 spiro atoms. The van der Waals surface area contributed by atoms with Gasteiger partial charge in [0.25, 0.3) is 0 Å². The zero-order valence-corrected chi connectivity index (χ0v) is 8.89. The van der Waals surface area contributed by atoms with E-state index in [1.807, 2.05) is 13.0 Å². The minimum atomic E-state index is 0.626. The van der Waals surface area contributed by atoms with E-state index in [0.29, 0.717) is 17.5 Å². The Kier molecular flexibility index (Phi) is 3.39. The molecule has 11 heavy (non-hydrogen) atoms. The second-order valence-corrected chi connectivity index (χ2v) is 3.44. The summed E-state index contributed by atoms with van der Waals surface area (Å²) in [7, 11) is 0. The lowest BCUT2D eigenvalue weighted by molar-refractivity contribution is 0.326. The predicted molar refractivity (Wildman–Crippen MR) is 53.1 cm³/mol. The molecule has 4 heteroatoms. The summed E-state index contributed by atoms with van der Waals surface area (Å²) >= 11 is 7.89. The normalized spacial score (nSPS) is 9.73. The van der Waals surface area contributed by atoms with Gasteiger partial charge in [0.1, 0.15) is 0 Å². The van der Waals surface area contributed by atoms with Gasteiger partial charge in [0, 0.05) is 9.64 Å². The van der Waals surface area contributed by atoms with Crippen molar-refractivity contribution in [3.8, 4) is 5.88 Å². The standard InChI is InChI=1S/C7H7ClINO/c1-2-11-7-3-6(9)5(8)4-10-7/h3-4H,2H2,1H3. The summed E-state index contributed by atoms with van der Waals surface area (Å²) in [6.07, 6.45) is 1.59. The number of halogens is 2. The van der Waals surface area contributed by atoms with Gasteiger partial charge in [-0.15, -0.1) is 0 Å². The summed E-state index contributed by atoms with van der Waals surface area (Å²) in [5, 5.41) is 0.661. The smallest absolute Gasteiger partial charge is 0.214 e. The van der Waals surface area contributed by atoms with Crippen LogP contribution in [-0.4, -0.2) is 11.6 Å². The van der Waals surface area contributed by atoms with Gasteiger partial charge in [0.2, 0.25) is 5.88 Å². The van der Waals surface area contributed by atoms with Crippen LogP contribution in [0.1, 0.15) is 6.92 Å². The Morgan fingerprint density at radius 2 is 2.45 bits per heavy atom. The second-order valence-electron chi connectivity index (χ2n) is 1.87. The number of aromatic nitrogens is 1. The highest BCUT2D eigenvalue weighted by Gasteiger charge is 1.99. The zero-order chi connectivity index (χ0) is 8.27. The van der Waals surface area contributed by atoms with Crippen LogP contribution in [0.15, 0.2) is 12.3 Å². The topological polar surface area (TPSA) is 22.1 Å². The predicted octanol–water partition coefficient (Wildman–Crippen LogP) is 2.74. The summed E-state index contributed by atoms with van der Waals surface area (Å²) in [5.41, 5.74) is 0. The summed E-state index contributed by atoms with van der Waals surface area (Å²) < 4.78 is 6.13. The third-order valence-corrected chi connectivity index (χ3v) is 2.59. The van der Waals surface area contributed by atoms with E-state index >= 15 is 0 Å². The third-order valence-electron chi connectivity index (χ3n) is 1.08. The highest BCUT2D eigenvalue weighted by atomic mass is 127. The molecule has 60 valence electrons. The maximum atomic E-state index is 5.76. The van der Waals surface area contributed by atoms with E-state index in [2.05, 4.69) is 27.6 Å².